The molecule has 4 heterocycles. The first-order chi connectivity index (χ1) is 28.8. The van der Waals surface area contributed by atoms with Crippen LogP contribution in [0.2, 0.25) is 0 Å². The van der Waals surface area contributed by atoms with Crippen molar-refractivity contribution in [3.05, 3.63) is 206 Å². The molecular formula is C54H34N4. The zero-order chi connectivity index (χ0) is 38.2. The van der Waals surface area contributed by atoms with Gasteiger partial charge in [0.1, 0.15) is 11.6 Å². The fourth-order valence-corrected chi connectivity index (χ4v) is 9.08. The minimum absolute atomic E-state index is 0.880. The third kappa shape index (κ3) is 5.02. The van der Waals surface area contributed by atoms with Gasteiger partial charge in [-0.15, -0.1) is 0 Å². The number of hydrogen-bond acceptors (Lipinski definition) is 2. The number of pyridine rings is 2. The van der Waals surface area contributed by atoms with Crippen LogP contribution in [-0.4, -0.2) is 19.1 Å². The summed E-state index contributed by atoms with van der Waals surface area (Å²) in [7, 11) is 0. The third-order valence-electron chi connectivity index (χ3n) is 11.8. The molecule has 0 aliphatic heterocycles. The van der Waals surface area contributed by atoms with Gasteiger partial charge in [0.15, 0.2) is 0 Å². The van der Waals surface area contributed by atoms with Crippen molar-refractivity contribution in [1.82, 2.24) is 19.1 Å². The number of para-hydroxylation sites is 2. The summed E-state index contributed by atoms with van der Waals surface area (Å²) in [5.74, 6) is 1.81. The Hall–Kier alpha value is -7.82. The molecule has 0 saturated carbocycles. The molecule has 0 unspecified atom stereocenters. The SMILES string of the molecule is c1ccc(-c2cc(-c3cccc4ccccc34)cc(-n3c4ccccc4c4ccc(-c5ccc6c7ccccc7n(-c7nccc8ccccc78)c6c5)cc43)n2)cc1. The van der Waals surface area contributed by atoms with Gasteiger partial charge in [-0.05, 0) is 80.9 Å². The van der Waals surface area contributed by atoms with Gasteiger partial charge in [0.05, 0.1) is 27.8 Å². The summed E-state index contributed by atoms with van der Waals surface area (Å²) >= 11 is 0. The van der Waals surface area contributed by atoms with Crippen molar-refractivity contribution in [2.75, 3.05) is 0 Å². The topological polar surface area (TPSA) is 35.6 Å². The van der Waals surface area contributed by atoms with Crippen LogP contribution in [-0.2, 0) is 0 Å². The van der Waals surface area contributed by atoms with E-state index in [2.05, 4.69) is 209 Å². The van der Waals surface area contributed by atoms with Gasteiger partial charge in [-0.2, -0.15) is 0 Å². The van der Waals surface area contributed by atoms with Gasteiger partial charge in [-0.25, -0.2) is 9.97 Å². The Kier molecular flexibility index (Phi) is 7.20. The van der Waals surface area contributed by atoms with Gasteiger partial charge in [-0.1, -0.05) is 158 Å². The van der Waals surface area contributed by atoms with Crippen molar-refractivity contribution < 1.29 is 0 Å². The highest BCUT2D eigenvalue weighted by atomic mass is 15.1. The van der Waals surface area contributed by atoms with E-state index < -0.39 is 0 Å². The summed E-state index contributed by atoms with van der Waals surface area (Å²) < 4.78 is 4.69. The number of aromatic nitrogens is 4. The molecule has 0 fully saturated rings. The summed E-state index contributed by atoms with van der Waals surface area (Å²) in [6, 6.07) is 71.9. The van der Waals surface area contributed by atoms with Gasteiger partial charge in [-0.3, -0.25) is 9.13 Å². The van der Waals surface area contributed by atoms with Gasteiger partial charge in [0.25, 0.3) is 0 Å². The summed E-state index contributed by atoms with van der Waals surface area (Å²) in [6.45, 7) is 0. The minimum atomic E-state index is 0.880. The van der Waals surface area contributed by atoms with Gasteiger partial charge in [0, 0.05) is 38.7 Å². The predicted molar refractivity (Wildman–Crippen MR) is 242 cm³/mol. The van der Waals surface area contributed by atoms with E-state index in [0.717, 1.165) is 67.0 Å². The van der Waals surface area contributed by atoms with Crippen molar-refractivity contribution >= 4 is 65.2 Å². The predicted octanol–water partition coefficient (Wildman–Crippen LogP) is 14.0. The Morgan fingerprint density at radius 3 is 1.60 bits per heavy atom. The molecule has 4 aromatic heterocycles. The van der Waals surface area contributed by atoms with Gasteiger partial charge in [0.2, 0.25) is 0 Å². The molecule has 0 aliphatic carbocycles. The highest BCUT2D eigenvalue weighted by Gasteiger charge is 2.19. The fraction of sp³-hybridized carbons (Fsp3) is 0. The van der Waals surface area contributed by atoms with Crippen LogP contribution >= 0.6 is 0 Å². The van der Waals surface area contributed by atoms with Crippen LogP contribution in [0.25, 0.3) is 110 Å². The van der Waals surface area contributed by atoms with Gasteiger partial charge < -0.3 is 0 Å². The van der Waals surface area contributed by atoms with E-state index in [1.807, 2.05) is 6.20 Å². The average Bonchev–Trinajstić information content (AvgIpc) is 3.81. The Labute approximate surface area is 334 Å². The van der Waals surface area contributed by atoms with E-state index in [9.17, 15) is 0 Å². The molecule has 8 aromatic carbocycles. The standard InChI is InChI=1S/C54H34N4/c1-2-15-37(16-3-1)48-31-40(42-22-12-17-35-13-4-6-18-41(35)42)34-53(56-48)57-49-23-10-8-20-44(49)46-27-25-38(32-51(46)57)39-26-28-47-45-21-9-11-24-50(45)58(52(47)33-39)54-43-19-7-5-14-36(43)29-30-55-54/h1-34H. The van der Waals surface area contributed by atoms with Crippen molar-refractivity contribution in [3.8, 4) is 45.1 Å². The Morgan fingerprint density at radius 1 is 0.328 bits per heavy atom. The monoisotopic (exact) mass is 738 g/mol. The first-order valence-electron chi connectivity index (χ1n) is 19.7. The number of fused-ring (bicyclic) bond motifs is 8. The van der Waals surface area contributed by atoms with Crippen molar-refractivity contribution in [3.63, 3.8) is 0 Å². The zero-order valence-corrected chi connectivity index (χ0v) is 31.4. The second-order valence-corrected chi connectivity index (χ2v) is 15.0. The molecule has 0 N–H and O–H groups in total. The maximum absolute atomic E-state index is 5.44. The highest BCUT2D eigenvalue weighted by Crippen LogP contribution is 2.40. The van der Waals surface area contributed by atoms with E-state index in [1.165, 1.54) is 43.3 Å². The lowest BCUT2D eigenvalue weighted by Gasteiger charge is -2.14. The molecule has 58 heavy (non-hydrogen) atoms. The molecule has 0 aliphatic rings. The molecule has 0 spiro atoms. The molecule has 0 atom stereocenters. The lowest BCUT2D eigenvalue weighted by Crippen LogP contribution is -2.00. The number of nitrogens with zero attached hydrogens (tertiary/aromatic N) is 4. The van der Waals surface area contributed by atoms with Crippen molar-refractivity contribution in [2.24, 2.45) is 0 Å². The van der Waals surface area contributed by atoms with Crippen molar-refractivity contribution in [1.29, 1.82) is 0 Å². The molecule has 12 aromatic rings. The lowest BCUT2D eigenvalue weighted by molar-refractivity contribution is 1.08. The first-order valence-corrected chi connectivity index (χ1v) is 19.7. The summed E-state index contributed by atoms with van der Waals surface area (Å²) in [4.78, 5) is 10.4. The van der Waals surface area contributed by atoms with Crippen LogP contribution < -0.4 is 0 Å². The summed E-state index contributed by atoms with van der Waals surface area (Å²) in [5.41, 5.74) is 11.1. The zero-order valence-electron chi connectivity index (χ0n) is 31.4. The van der Waals surface area contributed by atoms with E-state index in [4.69, 9.17) is 9.97 Å². The Balaban J connectivity index is 1.10. The maximum Gasteiger partial charge on any atom is 0.145 e. The van der Waals surface area contributed by atoms with Crippen LogP contribution in [0.1, 0.15) is 0 Å². The second-order valence-electron chi connectivity index (χ2n) is 15.0. The smallest absolute Gasteiger partial charge is 0.145 e. The quantitative estimate of drug-likeness (QED) is 0.176. The summed E-state index contributed by atoms with van der Waals surface area (Å²) in [5, 5.41) is 9.52. The molecule has 270 valence electrons. The van der Waals surface area contributed by atoms with Crippen LogP contribution in [0.3, 0.4) is 0 Å². The molecule has 0 bridgehead atoms. The fourth-order valence-electron chi connectivity index (χ4n) is 9.08. The normalized spacial score (nSPS) is 11.8. The van der Waals surface area contributed by atoms with Crippen molar-refractivity contribution in [2.45, 2.75) is 0 Å². The molecule has 0 amide bonds. The number of benzene rings is 8. The Bertz CT molecular complexity index is 3560. The number of hydrogen-bond donors (Lipinski definition) is 0. The van der Waals surface area contributed by atoms with Crippen LogP contribution in [0.4, 0.5) is 0 Å². The molecule has 12 rings (SSSR count). The molecule has 4 heteroatoms. The molecular weight excluding hydrogens is 705 g/mol. The van der Waals surface area contributed by atoms with Crippen LogP contribution in [0, 0.1) is 0 Å². The Morgan fingerprint density at radius 2 is 0.879 bits per heavy atom. The molecule has 4 nitrogen and oxygen atoms in total. The molecule has 0 radical (unpaired) electrons. The van der Waals surface area contributed by atoms with E-state index in [0.29, 0.717) is 0 Å². The highest BCUT2D eigenvalue weighted by molar-refractivity contribution is 6.13. The molecule has 0 saturated heterocycles. The second kappa shape index (κ2) is 12.9. The van der Waals surface area contributed by atoms with Crippen LogP contribution in [0.15, 0.2) is 206 Å². The summed E-state index contributed by atoms with van der Waals surface area (Å²) in [6.07, 6.45) is 1.92. The first kappa shape index (κ1) is 32.4. The average molecular weight is 739 g/mol. The van der Waals surface area contributed by atoms with Gasteiger partial charge >= 0.3 is 0 Å². The largest absolute Gasteiger partial charge is 0.294 e. The van der Waals surface area contributed by atoms with E-state index in [-0.39, 0.29) is 0 Å². The van der Waals surface area contributed by atoms with E-state index >= 15 is 0 Å². The minimum Gasteiger partial charge on any atom is -0.294 e. The van der Waals surface area contributed by atoms with Crippen LogP contribution in [0.5, 0.6) is 0 Å². The lowest BCUT2D eigenvalue weighted by atomic mass is 9.97. The maximum atomic E-state index is 5.44. The third-order valence-corrected chi connectivity index (χ3v) is 11.8. The number of rotatable bonds is 5. The van der Waals surface area contributed by atoms with E-state index in [1.54, 1.807) is 0 Å².